The van der Waals surface area contributed by atoms with Crippen LogP contribution in [-0.2, 0) is 11.3 Å². The van der Waals surface area contributed by atoms with Crippen LogP contribution in [0.4, 0.5) is 23.5 Å². The van der Waals surface area contributed by atoms with E-state index in [0.717, 1.165) is 5.56 Å². The van der Waals surface area contributed by atoms with E-state index in [-0.39, 0.29) is 11.6 Å². The summed E-state index contributed by atoms with van der Waals surface area (Å²) in [5.41, 5.74) is 4.47. The standard InChI is InChI=1S/C21H22N8O3/c30-29(31)18-8-4-7-17(13-18)15-23-27-20-24-19(22-14-16-5-2-1-3-6-16)25-21(26-20)28-9-11-32-12-10-28/h1-8,13,15H,9-12,14H2,(H2,22,24,25,26,27)/b23-15-. The van der Waals surface area contributed by atoms with E-state index in [1.54, 1.807) is 12.1 Å². The second kappa shape index (κ2) is 10.3. The number of rotatable bonds is 8. The number of anilines is 3. The smallest absolute Gasteiger partial charge is 0.270 e. The molecule has 2 N–H and O–H groups in total. The fourth-order valence-corrected chi connectivity index (χ4v) is 3.06. The van der Waals surface area contributed by atoms with Crippen molar-refractivity contribution in [3.05, 3.63) is 75.8 Å². The van der Waals surface area contributed by atoms with Crippen LogP contribution in [0.25, 0.3) is 0 Å². The molecule has 1 aliphatic rings. The van der Waals surface area contributed by atoms with Crippen molar-refractivity contribution in [2.24, 2.45) is 5.10 Å². The minimum atomic E-state index is -0.448. The molecular weight excluding hydrogens is 412 g/mol. The molecule has 11 nitrogen and oxygen atoms in total. The molecule has 2 aromatic carbocycles. The van der Waals surface area contributed by atoms with Gasteiger partial charge in [-0.1, -0.05) is 42.5 Å². The van der Waals surface area contributed by atoms with E-state index in [0.29, 0.717) is 50.3 Å². The summed E-state index contributed by atoms with van der Waals surface area (Å²) in [4.78, 5) is 25.9. The maximum absolute atomic E-state index is 10.9. The predicted octanol–water partition coefficient (Wildman–Crippen LogP) is 2.67. The fourth-order valence-electron chi connectivity index (χ4n) is 3.06. The van der Waals surface area contributed by atoms with Crippen molar-refractivity contribution in [2.45, 2.75) is 6.54 Å². The van der Waals surface area contributed by atoms with Gasteiger partial charge in [0.2, 0.25) is 17.8 Å². The highest BCUT2D eigenvalue weighted by molar-refractivity contribution is 5.81. The van der Waals surface area contributed by atoms with E-state index in [9.17, 15) is 10.1 Å². The molecule has 0 aliphatic carbocycles. The van der Waals surface area contributed by atoms with Crippen LogP contribution in [0.2, 0.25) is 0 Å². The number of ether oxygens (including phenoxy) is 1. The van der Waals surface area contributed by atoms with Crippen LogP contribution in [-0.4, -0.2) is 52.4 Å². The third-order valence-corrected chi connectivity index (χ3v) is 4.67. The lowest BCUT2D eigenvalue weighted by atomic mass is 10.2. The number of nitrogens with one attached hydrogen (secondary N) is 2. The first kappa shape index (κ1) is 21.1. The Morgan fingerprint density at radius 1 is 1.06 bits per heavy atom. The summed E-state index contributed by atoms with van der Waals surface area (Å²) in [6.07, 6.45) is 1.47. The first-order valence-electron chi connectivity index (χ1n) is 10.1. The second-order valence-corrected chi connectivity index (χ2v) is 6.94. The van der Waals surface area contributed by atoms with Crippen LogP contribution in [0.3, 0.4) is 0 Å². The molecule has 11 heteroatoms. The van der Waals surface area contributed by atoms with Crippen LogP contribution >= 0.6 is 0 Å². The topological polar surface area (TPSA) is 131 Å². The number of morpholine rings is 1. The molecule has 0 amide bonds. The number of nitrogens with zero attached hydrogens (tertiary/aromatic N) is 6. The van der Waals surface area contributed by atoms with Gasteiger partial charge in [-0.2, -0.15) is 20.1 Å². The molecular formula is C21H22N8O3. The Morgan fingerprint density at radius 3 is 2.62 bits per heavy atom. The van der Waals surface area contributed by atoms with Gasteiger partial charge in [0.1, 0.15) is 0 Å². The summed E-state index contributed by atoms with van der Waals surface area (Å²) in [7, 11) is 0. The SMILES string of the molecule is O=[N+]([O-])c1cccc(/C=N\Nc2nc(NCc3ccccc3)nc(N3CCOCC3)n2)c1. The van der Waals surface area contributed by atoms with Crippen LogP contribution in [0.5, 0.6) is 0 Å². The summed E-state index contributed by atoms with van der Waals surface area (Å²) < 4.78 is 5.41. The molecule has 0 bridgehead atoms. The lowest BCUT2D eigenvalue weighted by molar-refractivity contribution is -0.384. The first-order valence-corrected chi connectivity index (χ1v) is 10.1. The first-order chi connectivity index (χ1) is 15.7. The summed E-state index contributed by atoms with van der Waals surface area (Å²) in [6, 6.07) is 16.1. The van der Waals surface area contributed by atoms with Gasteiger partial charge in [0.05, 0.1) is 24.4 Å². The normalized spacial score (nSPS) is 13.8. The molecule has 32 heavy (non-hydrogen) atoms. The average Bonchev–Trinajstić information content (AvgIpc) is 2.84. The second-order valence-electron chi connectivity index (χ2n) is 6.94. The molecule has 164 valence electrons. The van der Waals surface area contributed by atoms with E-state index in [2.05, 4.69) is 30.8 Å². The Hall–Kier alpha value is -4.12. The molecule has 0 spiro atoms. The van der Waals surface area contributed by atoms with Crippen LogP contribution in [0, 0.1) is 10.1 Å². The third kappa shape index (κ3) is 5.73. The lowest BCUT2D eigenvalue weighted by Gasteiger charge is -2.27. The molecule has 3 aromatic rings. The maximum Gasteiger partial charge on any atom is 0.270 e. The van der Waals surface area contributed by atoms with E-state index in [1.807, 2.05) is 35.2 Å². The highest BCUT2D eigenvalue weighted by Gasteiger charge is 2.16. The number of nitro groups is 1. The molecule has 0 radical (unpaired) electrons. The van der Waals surface area contributed by atoms with Crippen molar-refractivity contribution in [1.29, 1.82) is 0 Å². The van der Waals surface area contributed by atoms with Crippen molar-refractivity contribution in [1.82, 2.24) is 15.0 Å². The van der Waals surface area contributed by atoms with Crippen LogP contribution in [0.15, 0.2) is 59.7 Å². The minimum absolute atomic E-state index is 0.00360. The van der Waals surface area contributed by atoms with Gasteiger partial charge in [0.25, 0.3) is 5.69 Å². The van der Waals surface area contributed by atoms with E-state index >= 15 is 0 Å². The molecule has 1 saturated heterocycles. The van der Waals surface area contributed by atoms with Gasteiger partial charge in [-0.25, -0.2) is 5.43 Å². The fraction of sp³-hybridized carbons (Fsp3) is 0.238. The summed E-state index contributed by atoms with van der Waals surface area (Å²) in [5, 5.41) is 18.3. The zero-order valence-corrected chi connectivity index (χ0v) is 17.2. The average molecular weight is 434 g/mol. The molecule has 1 aliphatic heterocycles. The molecule has 0 atom stereocenters. The Labute approximate surface area is 184 Å². The number of hydrogen-bond donors (Lipinski definition) is 2. The molecule has 1 aromatic heterocycles. The van der Waals surface area contributed by atoms with Gasteiger partial charge in [-0.05, 0) is 5.56 Å². The summed E-state index contributed by atoms with van der Waals surface area (Å²) in [5.74, 6) is 1.20. The van der Waals surface area contributed by atoms with Gasteiger partial charge >= 0.3 is 0 Å². The zero-order valence-electron chi connectivity index (χ0n) is 17.2. The van der Waals surface area contributed by atoms with Crippen molar-refractivity contribution in [3.63, 3.8) is 0 Å². The molecule has 0 saturated carbocycles. The largest absolute Gasteiger partial charge is 0.378 e. The number of non-ortho nitro benzene ring substituents is 1. The monoisotopic (exact) mass is 434 g/mol. The van der Waals surface area contributed by atoms with Crippen LogP contribution in [0.1, 0.15) is 11.1 Å². The summed E-state index contributed by atoms with van der Waals surface area (Å²) >= 11 is 0. The van der Waals surface area contributed by atoms with Crippen molar-refractivity contribution in [3.8, 4) is 0 Å². The predicted molar refractivity (Wildman–Crippen MR) is 121 cm³/mol. The van der Waals surface area contributed by atoms with Gasteiger partial charge in [0, 0.05) is 37.3 Å². The molecule has 4 rings (SSSR count). The zero-order chi connectivity index (χ0) is 22.2. The van der Waals surface area contributed by atoms with Gasteiger partial charge in [-0.3, -0.25) is 10.1 Å². The van der Waals surface area contributed by atoms with Gasteiger partial charge in [-0.15, -0.1) is 0 Å². The highest BCUT2D eigenvalue weighted by atomic mass is 16.6. The van der Waals surface area contributed by atoms with Crippen molar-refractivity contribution in [2.75, 3.05) is 41.9 Å². The van der Waals surface area contributed by atoms with Crippen LogP contribution < -0.4 is 15.6 Å². The Bertz CT molecular complexity index is 1090. The molecule has 2 heterocycles. The van der Waals surface area contributed by atoms with E-state index in [4.69, 9.17) is 4.74 Å². The third-order valence-electron chi connectivity index (χ3n) is 4.67. The number of hydrogen-bond acceptors (Lipinski definition) is 10. The number of nitro benzene ring substituents is 1. The van der Waals surface area contributed by atoms with Gasteiger partial charge < -0.3 is 15.0 Å². The minimum Gasteiger partial charge on any atom is -0.378 e. The van der Waals surface area contributed by atoms with Gasteiger partial charge in [0.15, 0.2) is 0 Å². The molecule has 0 unspecified atom stereocenters. The van der Waals surface area contributed by atoms with E-state index in [1.165, 1.54) is 18.3 Å². The number of aromatic nitrogens is 3. The number of benzene rings is 2. The quantitative estimate of drug-likeness (QED) is 0.312. The summed E-state index contributed by atoms with van der Waals surface area (Å²) in [6.45, 7) is 3.12. The lowest BCUT2D eigenvalue weighted by Crippen LogP contribution is -2.37. The Balaban J connectivity index is 1.51. The van der Waals surface area contributed by atoms with E-state index < -0.39 is 4.92 Å². The Morgan fingerprint density at radius 2 is 1.84 bits per heavy atom. The van der Waals surface area contributed by atoms with Crippen molar-refractivity contribution < 1.29 is 9.66 Å². The maximum atomic E-state index is 10.9. The highest BCUT2D eigenvalue weighted by Crippen LogP contribution is 2.16. The van der Waals surface area contributed by atoms with Crippen molar-refractivity contribution >= 4 is 29.7 Å². The Kier molecular flexibility index (Phi) is 6.78. The number of hydrazone groups is 1. The molecule has 1 fully saturated rings.